The molecule has 1 N–H and O–H groups in total. The number of hydrogen-bond acceptors (Lipinski definition) is 3. The molecule has 0 radical (unpaired) electrons. The van der Waals surface area contributed by atoms with Crippen molar-refractivity contribution in [2.75, 3.05) is 7.11 Å². The van der Waals surface area contributed by atoms with Gasteiger partial charge in [-0.2, -0.15) is 0 Å². The van der Waals surface area contributed by atoms with Gasteiger partial charge in [0.2, 0.25) is 0 Å². The van der Waals surface area contributed by atoms with Crippen molar-refractivity contribution < 1.29 is 9.53 Å². The molecule has 1 aromatic rings. The van der Waals surface area contributed by atoms with E-state index in [9.17, 15) is 4.79 Å². The lowest BCUT2D eigenvalue weighted by molar-refractivity contribution is -0.142. The van der Waals surface area contributed by atoms with E-state index < -0.39 is 0 Å². The van der Waals surface area contributed by atoms with Crippen LogP contribution in [-0.2, 0) is 16.1 Å². The number of carbonyl (C=O) groups excluding carboxylic acids is 1. The van der Waals surface area contributed by atoms with Crippen LogP contribution in [0.2, 0.25) is 0 Å². The van der Waals surface area contributed by atoms with Gasteiger partial charge >= 0.3 is 5.97 Å². The monoisotopic (exact) mass is 319 g/mol. The fraction of sp³-hybridized carbons (Fsp3) is 0.364. The normalized spacial score (nSPS) is 12.2. The summed E-state index contributed by atoms with van der Waals surface area (Å²) in [6.07, 6.45) is 0. The predicted octanol–water partition coefficient (Wildman–Crippen LogP) is 1.94. The zero-order valence-corrected chi connectivity index (χ0v) is 10.9. The highest BCUT2D eigenvalue weighted by Crippen LogP contribution is 2.06. The van der Waals surface area contributed by atoms with Gasteiger partial charge in [0, 0.05) is 10.1 Å². The van der Waals surface area contributed by atoms with Crippen molar-refractivity contribution in [1.82, 2.24) is 5.32 Å². The number of halogens is 1. The third-order valence-corrected chi connectivity index (χ3v) is 2.80. The minimum atomic E-state index is -0.269. The first kappa shape index (κ1) is 12.4. The minimum Gasteiger partial charge on any atom is -0.468 e. The van der Waals surface area contributed by atoms with Gasteiger partial charge in [-0.15, -0.1) is 0 Å². The summed E-state index contributed by atoms with van der Waals surface area (Å²) in [6.45, 7) is 2.46. The highest BCUT2D eigenvalue weighted by Gasteiger charge is 2.11. The Hall–Kier alpha value is -0.620. The van der Waals surface area contributed by atoms with Crippen LogP contribution in [-0.4, -0.2) is 19.1 Å². The van der Waals surface area contributed by atoms with Gasteiger partial charge < -0.3 is 10.1 Å². The summed E-state index contributed by atoms with van der Waals surface area (Å²) in [6, 6.07) is 7.90. The zero-order chi connectivity index (χ0) is 11.3. The average molecular weight is 319 g/mol. The number of rotatable bonds is 4. The summed E-state index contributed by atoms with van der Waals surface area (Å²) in [4.78, 5) is 11.1. The third kappa shape index (κ3) is 4.17. The maximum absolute atomic E-state index is 11.1. The average Bonchev–Trinajstić information content (AvgIpc) is 2.26. The van der Waals surface area contributed by atoms with Crippen molar-refractivity contribution >= 4 is 28.6 Å². The molecule has 0 heterocycles. The number of carbonyl (C=O) groups is 1. The maximum atomic E-state index is 11.1. The molecule has 0 aromatic heterocycles. The Morgan fingerprint density at radius 2 is 2.07 bits per heavy atom. The summed E-state index contributed by atoms with van der Waals surface area (Å²) < 4.78 is 5.82. The lowest BCUT2D eigenvalue weighted by atomic mass is 10.2. The molecular formula is C11H14INO2. The van der Waals surface area contributed by atoms with Crippen LogP contribution in [0.4, 0.5) is 0 Å². The Morgan fingerprint density at radius 3 is 2.60 bits per heavy atom. The van der Waals surface area contributed by atoms with Crippen LogP contribution in [0, 0.1) is 3.57 Å². The van der Waals surface area contributed by atoms with E-state index >= 15 is 0 Å². The second-order valence-electron chi connectivity index (χ2n) is 3.25. The smallest absolute Gasteiger partial charge is 0.322 e. The van der Waals surface area contributed by atoms with Crippen LogP contribution in [0.1, 0.15) is 12.5 Å². The molecule has 1 rings (SSSR count). The van der Waals surface area contributed by atoms with Crippen LogP contribution in [0.3, 0.4) is 0 Å². The molecule has 0 saturated carbocycles. The van der Waals surface area contributed by atoms with Crippen LogP contribution in [0.15, 0.2) is 24.3 Å². The van der Waals surface area contributed by atoms with Crippen molar-refractivity contribution in [2.45, 2.75) is 19.5 Å². The summed E-state index contributed by atoms with van der Waals surface area (Å²) in [5, 5.41) is 3.09. The van der Waals surface area contributed by atoms with E-state index in [-0.39, 0.29) is 12.0 Å². The predicted molar refractivity (Wildman–Crippen MR) is 67.5 cm³/mol. The molecule has 1 atom stereocenters. The van der Waals surface area contributed by atoms with Crippen molar-refractivity contribution in [3.05, 3.63) is 33.4 Å². The topological polar surface area (TPSA) is 38.3 Å². The maximum Gasteiger partial charge on any atom is 0.322 e. The zero-order valence-electron chi connectivity index (χ0n) is 8.79. The van der Waals surface area contributed by atoms with Gasteiger partial charge in [0.1, 0.15) is 6.04 Å². The molecule has 82 valence electrons. The molecule has 1 aromatic carbocycles. The fourth-order valence-corrected chi connectivity index (χ4v) is 1.49. The van der Waals surface area contributed by atoms with E-state index in [1.165, 1.54) is 10.7 Å². The molecule has 4 heteroatoms. The van der Waals surface area contributed by atoms with Crippen molar-refractivity contribution in [2.24, 2.45) is 0 Å². The number of benzene rings is 1. The van der Waals surface area contributed by atoms with E-state index in [1.807, 2.05) is 24.3 Å². The molecule has 3 nitrogen and oxygen atoms in total. The third-order valence-electron chi connectivity index (χ3n) is 2.08. The van der Waals surface area contributed by atoms with E-state index in [0.717, 1.165) is 5.56 Å². The molecule has 0 amide bonds. The summed E-state index contributed by atoms with van der Waals surface area (Å²) in [7, 11) is 1.39. The lowest BCUT2D eigenvalue weighted by Gasteiger charge is -2.11. The number of hydrogen-bond donors (Lipinski definition) is 1. The van der Waals surface area contributed by atoms with Crippen LogP contribution >= 0.6 is 22.6 Å². The summed E-state index contributed by atoms with van der Waals surface area (Å²) in [5.74, 6) is -0.236. The highest BCUT2D eigenvalue weighted by molar-refractivity contribution is 14.1. The number of ether oxygens (including phenoxy) is 1. The SMILES string of the molecule is COC(=O)C(C)NCc1ccc(I)cc1. The number of esters is 1. The molecule has 0 saturated heterocycles. The minimum absolute atomic E-state index is 0.236. The Bertz CT molecular complexity index is 324. The largest absolute Gasteiger partial charge is 0.468 e. The lowest BCUT2D eigenvalue weighted by Crippen LogP contribution is -2.34. The summed E-state index contributed by atoms with van der Waals surface area (Å²) in [5.41, 5.74) is 1.16. The first-order valence-electron chi connectivity index (χ1n) is 4.69. The van der Waals surface area contributed by atoms with Crippen molar-refractivity contribution in [1.29, 1.82) is 0 Å². The molecule has 0 bridgehead atoms. The fourth-order valence-electron chi connectivity index (χ4n) is 1.13. The van der Waals surface area contributed by atoms with Crippen molar-refractivity contribution in [3.8, 4) is 0 Å². The van der Waals surface area contributed by atoms with Crippen LogP contribution in [0.5, 0.6) is 0 Å². The van der Waals surface area contributed by atoms with E-state index in [0.29, 0.717) is 6.54 Å². The number of nitrogens with one attached hydrogen (secondary N) is 1. The van der Waals surface area contributed by atoms with Gasteiger partial charge in [0.05, 0.1) is 7.11 Å². The van der Waals surface area contributed by atoms with E-state index in [1.54, 1.807) is 6.92 Å². The molecular weight excluding hydrogens is 305 g/mol. The quantitative estimate of drug-likeness (QED) is 0.681. The van der Waals surface area contributed by atoms with Gasteiger partial charge in [-0.05, 0) is 47.2 Å². The van der Waals surface area contributed by atoms with Crippen LogP contribution < -0.4 is 5.32 Å². The molecule has 15 heavy (non-hydrogen) atoms. The van der Waals surface area contributed by atoms with Gasteiger partial charge in [-0.3, -0.25) is 4.79 Å². The Morgan fingerprint density at radius 1 is 1.47 bits per heavy atom. The van der Waals surface area contributed by atoms with Gasteiger partial charge in [-0.25, -0.2) is 0 Å². The molecule has 1 unspecified atom stereocenters. The molecule has 0 spiro atoms. The highest BCUT2D eigenvalue weighted by atomic mass is 127. The standard InChI is InChI=1S/C11H14INO2/c1-8(11(14)15-2)13-7-9-3-5-10(12)6-4-9/h3-6,8,13H,7H2,1-2H3. The first-order chi connectivity index (χ1) is 7.13. The van der Waals surface area contributed by atoms with Gasteiger partial charge in [-0.1, -0.05) is 12.1 Å². The Labute approximate surface area is 103 Å². The Balaban J connectivity index is 2.43. The van der Waals surface area contributed by atoms with Crippen molar-refractivity contribution in [3.63, 3.8) is 0 Å². The molecule has 0 aliphatic heterocycles. The second kappa shape index (κ2) is 6.07. The van der Waals surface area contributed by atoms with Gasteiger partial charge in [0.25, 0.3) is 0 Å². The summed E-state index contributed by atoms with van der Waals surface area (Å²) >= 11 is 2.26. The van der Waals surface area contributed by atoms with E-state index in [4.69, 9.17) is 0 Å². The van der Waals surface area contributed by atoms with Gasteiger partial charge in [0.15, 0.2) is 0 Å². The van der Waals surface area contributed by atoms with Crippen LogP contribution in [0.25, 0.3) is 0 Å². The molecule has 0 fully saturated rings. The molecule has 0 aliphatic rings. The number of methoxy groups -OCH3 is 1. The molecule has 0 aliphatic carbocycles. The first-order valence-corrected chi connectivity index (χ1v) is 5.77. The van der Waals surface area contributed by atoms with E-state index in [2.05, 4.69) is 32.6 Å². The Kier molecular flexibility index (Phi) is 5.04. The second-order valence-corrected chi connectivity index (χ2v) is 4.50.